The first-order chi connectivity index (χ1) is 18.3. The van der Waals surface area contributed by atoms with Crippen molar-refractivity contribution in [2.45, 2.75) is 56.7 Å². The molecule has 4 heterocycles. The number of hydrogen-bond donors (Lipinski definition) is 3. The molecule has 0 radical (unpaired) electrons. The van der Waals surface area contributed by atoms with Gasteiger partial charge in [0.25, 0.3) is 5.91 Å². The number of aryl methyl sites for hydroxylation is 3. The van der Waals surface area contributed by atoms with E-state index in [0.717, 1.165) is 41.8 Å². The molecule has 0 aliphatic carbocycles. The molecule has 1 amide bonds. The second kappa shape index (κ2) is 11.1. The summed E-state index contributed by atoms with van der Waals surface area (Å²) in [6.45, 7) is 2.28. The van der Waals surface area contributed by atoms with Gasteiger partial charge in [0.05, 0.1) is 11.7 Å². The Kier molecular flexibility index (Phi) is 7.60. The van der Waals surface area contributed by atoms with E-state index in [2.05, 4.69) is 21.8 Å². The Balaban J connectivity index is 1.15. The van der Waals surface area contributed by atoms with E-state index >= 15 is 4.39 Å². The maximum atomic E-state index is 15.8. The van der Waals surface area contributed by atoms with Crippen molar-refractivity contribution >= 4 is 28.6 Å². The Hall–Kier alpha value is -3.53. The summed E-state index contributed by atoms with van der Waals surface area (Å²) in [6, 6.07) is 8.18. The number of piperidine rings is 1. The number of rotatable bonds is 9. The third kappa shape index (κ3) is 5.96. The summed E-state index contributed by atoms with van der Waals surface area (Å²) in [7, 11) is 1.79. The molecular formula is C28H35FN6O3. The van der Waals surface area contributed by atoms with Gasteiger partial charge in [-0.2, -0.15) is 5.10 Å². The number of aromatic nitrogens is 3. The molecule has 2 aliphatic heterocycles. The van der Waals surface area contributed by atoms with Crippen LogP contribution in [0, 0.1) is 0 Å². The van der Waals surface area contributed by atoms with Crippen LogP contribution < -0.4 is 10.6 Å². The van der Waals surface area contributed by atoms with E-state index in [0.29, 0.717) is 44.3 Å². The SMILES string of the molecule is Cn1ncc2ccc(C(=O)N[C@@H](CCN3CCC[C@@](F)(CCc4ccc5c(n4)NCCC5)C3)C(=O)O)cc21. The third-order valence-electron chi connectivity index (χ3n) is 7.74. The summed E-state index contributed by atoms with van der Waals surface area (Å²) in [6.07, 6.45) is 6.18. The third-order valence-corrected chi connectivity index (χ3v) is 7.74. The van der Waals surface area contributed by atoms with Crippen LogP contribution in [0.15, 0.2) is 36.5 Å². The highest BCUT2D eigenvalue weighted by Gasteiger charge is 2.35. The van der Waals surface area contributed by atoms with Crippen molar-refractivity contribution in [1.82, 2.24) is 25.0 Å². The molecule has 0 bridgehead atoms. The van der Waals surface area contributed by atoms with E-state index in [1.807, 2.05) is 11.0 Å². The van der Waals surface area contributed by atoms with Crippen LogP contribution >= 0.6 is 0 Å². The summed E-state index contributed by atoms with van der Waals surface area (Å²) in [5.41, 5.74) is 1.93. The van der Waals surface area contributed by atoms with Gasteiger partial charge < -0.3 is 20.6 Å². The molecule has 2 atom stereocenters. The zero-order valence-electron chi connectivity index (χ0n) is 21.8. The Bertz CT molecular complexity index is 1330. The van der Waals surface area contributed by atoms with E-state index < -0.39 is 23.6 Å². The number of aliphatic carboxylic acids is 1. The number of benzene rings is 1. The summed E-state index contributed by atoms with van der Waals surface area (Å²) in [4.78, 5) is 31.4. The van der Waals surface area contributed by atoms with Gasteiger partial charge in [0.15, 0.2) is 0 Å². The number of carbonyl (C=O) groups is 2. The Morgan fingerprint density at radius 3 is 2.97 bits per heavy atom. The van der Waals surface area contributed by atoms with E-state index in [4.69, 9.17) is 4.98 Å². The highest BCUT2D eigenvalue weighted by atomic mass is 19.1. The highest BCUT2D eigenvalue weighted by Crippen LogP contribution is 2.31. The molecule has 0 unspecified atom stereocenters. The summed E-state index contributed by atoms with van der Waals surface area (Å²) in [5.74, 6) is -0.629. The largest absolute Gasteiger partial charge is 0.480 e. The van der Waals surface area contributed by atoms with Gasteiger partial charge in [0.1, 0.15) is 17.5 Å². The highest BCUT2D eigenvalue weighted by molar-refractivity contribution is 5.99. The lowest BCUT2D eigenvalue weighted by molar-refractivity contribution is -0.139. The van der Waals surface area contributed by atoms with Crippen molar-refractivity contribution in [1.29, 1.82) is 0 Å². The van der Waals surface area contributed by atoms with Gasteiger partial charge in [-0.3, -0.25) is 9.48 Å². The van der Waals surface area contributed by atoms with Crippen molar-refractivity contribution in [2.75, 3.05) is 31.5 Å². The molecule has 10 heteroatoms. The van der Waals surface area contributed by atoms with E-state index in [-0.39, 0.29) is 13.0 Å². The lowest BCUT2D eigenvalue weighted by Crippen LogP contribution is -2.48. The molecule has 1 fully saturated rings. The van der Waals surface area contributed by atoms with E-state index in [9.17, 15) is 14.7 Å². The van der Waals surface area contributed by atoms with Crippen LogP contribution in [0.3, 0.4) is 0 Å². The number of carboxylic acid groups (broad SMARTS) is 1. The van der Waals surface area contributed by atoms with Crippen molar-refractivity contribution in [3.8, 4) is 0 Å². The van der Waals surface area contributed by atoms with Gasteiger partial charge in [-0.25, -0.2) is 14.2 Å². The molecule has 202 valence electrons. The molecule has 1 saturated heterocycles. The van der Waals surface area contributed by atoms with E-state index in [1.54, 1.807) is 36.1 Å². The first-order valence-corrected chi connectivity index (χ1v) is 13.4. The molecule has 1 aromatic carbocycles. The van der Waals surface area contributed by atoms with E-state index in [1.165, 1.54) is 5.56 Å². The quantitative estimate of drug-likeness (QED) is 0.395. The van der Waals surface area contributed by atoms with Crippen molar-refractivity contribution in [2.24, 2.45) is 7.05 Å². The monoisotopic (exact) mass is 522 g/mol. The predicted molar refractivity (Wildman–Crippen MR) is 143 cm³/mol. The van der Waals surface area contributed by atoms with Crippen LogP contribution in [0.1, 0.15) is 53.7 Å². The minimum atomic E-state index is -1.34. The molecule has 38 heavy (non-hydrogen) atoms. The topological polar surface area (TPSA) is 112 Å². The lowest BCUT2D eigenvalue weighted by atomic mass is 9.89. The Morgan fingerprint density at radius 1 is 1.26 bits per heavy atom. The first-order valence-electron chi connectivity index (χ1n) is 13.4. The minimum absolute atomic E-state index is 0.198. The van der Waals surface area contributed by atoms with Crippen molar-refractivity contribution in [3.05, 3.63) is 53.3 Å². The number of carboxylic acids is 1. The summed E-state index contributed by atoms with van der Waals surface area (Å²) >= 11 is 0. The fourth-order valence-electron chi connectivity index (χ4n) is 5.53. The molecule has 2 aliphatic rings. The summed E-state index contributed by atoms with van der Waals surface area (Å²) < 4.78 is 17.5. The predicted octanol–water partition coefficient (Wildman–Crippen LogP) is 3.34. The Labute approximate surface area is 221 Å². The zero-order chi connectivity index (χ0) is 26.7. The second-order valence-electron chi connectivity index (χ2n) is 10.6. The smallest absolute Gasteiger partial charge is 0.326 e. The molecule has 9 nitrogen and oxygen atoms in total. The summed E-state index contributed by atoms with van der Waals surface area (Å²) in [5, 5.41) is 20.8. The van der Waals surface area contributed by atoms with Crippen LogP contribution in [0.4, 0.5) is 10.2 Å². The van der Waals surface area contributed by atoms with Crippen LogP contribution in [-0.2, 0) is 24.7 Å². The number of anilines is 1. The maximum absolute atomic E-state index is 15.8. The average molecular weight is 523 g/mol. The van der Waals surface area contributed by atoms with Gasteiger partial charge >= 0.3 is 5.97 Å². The van der Waals surface area contributed by atoms with Gasteiger partial charge in [-0.15, -0.1) is 0 Å². The maximum Gasteiger partial charge on any atom is 0.326 e. The number of amides is 1. The van der Waals surface area contributed by atoms with Crippen LogP contribution in [0.5, 0.6) is 0 Å². The average Bonchev–Trinajstić information content (AvgIpc) is 3.29. The molecule has 5 rings (SSSR count). The van der Waals surface area contributed by atoms with Crippen LogP contribution in [0.2, 0.25) is 0 Å². The zero-order valence-corrected chi connectivity index (χ0v) is 21.8. The Morgan fingerprint density at radius 2 is 2.13 bits per heavy atom. The van der Waals surface area contributed by atoms with Gasteiger partial charge in [-0.05, 0) is 75.3 Å². The molecular weight excluding hydrogens is 487 g/mol. The molecule has 0 spiro atoms. The number of pyridine rings is 1. The number of fused-ring (bicyclic) bond motifs is 2. The first kappa shape index (κ1) is 26.1. The lowest BCUT2D eigenvalue weighted by Gasteiger charge is -2.38. The number of alkyl halides is 1. The fraction of sp³-hybridized carbons (Fsp3) is 0.500. The van der Waals surface area contributed by atoms with Gasteiger partial charge in [0, 0.05) is 43.3 Å². The minimum Gasteiger partial charge on any atom is -0.480 e. The van der Waals surface area contributed by atoms with Crippen LogP contribution in [-0.4, -0.2) is 74.5 Å². The number of halogens is 1. The van der Waals surface area contributed by atoms with Crippen molar-refractivity contribution < 1.29 is 19.1 Å². The fourth-order valence-corrected chi connectivity index (χ4v) is 5.53. The number of hydrogen-bond acceptors (Lipinski definition) is 6. The standard InChI is InChI=1S/C28H35FN6O3/c1-34-24-16-20(5-6-21(24)17-31-34)26(36)33-23(27(37)38)10-15-35-14-3-11-28(29,18-35)12-9-22-8-7-19-4-2-13-30-25(19)32-22/h5-8,16-17,23H,2-4,9-15,18H2,1H3,(H,30,32)(H,33,36)(H,37,38)/t23-,28+/m0/s1. The van der Waals surface area contributed by atoms with Gasteiger partial charge in [0.2, 0.25) is 0 Å². The molecule has 3 aromatic rings. The number of nitrogens with zero attached hydrogens (tertiary/aromatic N) is 4. The number of likely N-dealkylation sites (tertiary alicyclic amines) is 1. The molecule has 0 saturated carbocycles. The molecule has 3 N–H and O–H groups in total. The van der Waals surface area contributed by atoms with Gasteiger partial charge in [-0.1, -0.05) is 12.1 Å². The van der Waals surface area contributed by atoms with Crippen LogP contribution in [0.25, 0.3) is 10.9 Å². The normalized spacial score (nSPS) is 20.5. The number of nitrogens with one attached hydrogen (secondary N) is 2. The second-order valence-corrected chi connectivity index (χ2v) is 10.6. The van der Waals surface area contributed by atoms with Crippen molar-refractivity contribution in [3.63, 3.8) is 0 Å². The number of carbonyl (C=O) groups excluding carboxylic acids is 1. The molecule has 2 aromatic heterocycles.